The summed E-state index contributed by atoms with van der Waals surface area (Å²) in [6.45, 7) is 9.77. The molecular weight excluding hydrogens is 542 g/mol. The lowest BCUT2D eigenvalue weighted by atomic mass is 9.99. The summed E-state index contributed by atoms with van der Waals surface area (Å²) >= 11 is 2.06. The Morgan fingerprint density at radius 1 is 1.00 bits per heavy atom. The number of rotatable bonds is 6. The Morgan fingerprint density at radius 2 is 1.56 bits per heavy atom. The van der Waals surface area contributed by atoms with Crippen LogP contribution in [0.4, 0.5) is 13.2 Å². The number of ketones is 1. The highest BCUT2D eigenvalue weighted by molar-refractivity contribution is 14.1. The fourth-order valence-electron chi connectivity index (χ4n) is 3.06. The number of hydrogen-bond acceptors (Lipinski definition) is 1. The number of aromatic nitrogens is 1. The van der Waals surface area contributed by atoms with Crippen molar-refractivity contribution in [2.75, 3.05) is 0 Å². The Labute approximate surface area is 202 Å². The van der Waals surface area contributed by atoms with Crippen LogP contribution in [0.5, 0.6) is 0 Å². The molecule has 0 saturated heterocycles. The summed E-state index contributed by atoms with van der Waals surface area (Å²) < 4.78 is 41.3. The SMILES string of the molecule is Cc1ccccc1-c1[nH]ccc1F.Cc1ccccc1C(=O)C(F)(F)CC(I)[Si](C)(C)C. The molecule has 0 aliphatic rings. The van der Waals surface area contributed by atoms with Crippen LogP contribution in [0.25, 0.3) is 11.3 Å². The summed E-state index contributed by atoms with van der Waals surface area (Å²) in [5, 5.41) is 0. The first-order valence-corrected chi connectivity index (χ1v) is 15.2. The minimum Gasteiger partial charge on any atom is -0.359 e. The molecule has 1 N–H and O–H groups in total. The van der Waals surface area contributed by atoms with Crippen molar-refractivity contribution < 1.29 is 18.0 Å². The summed E-state index contributed by atoms with van der Waals surface area (Å²) in [7, 11) is -1.68. The first-order chi connectivity index (χ1) is 14.8. The Balaban J connectivity index is 0.000000242. The predicted octanol–water partition coefficient (Wildman–Crippen LogP) is 8.01. The van der Waals surface area contributed by atoms with Crippen LogP contribution in [0.1, 0.15) is 27.9 Å². The molecule has 1 heterocycles. The van der Waals surface area contributed by atoms with Crippen molar-refractivity contribution in [2.24, 2.45) is 0 Å². The number of aryl methyl sites for hydroxylation is 2. The third kappa shape index (κ3) is 6.81. The molecule has 0 amide bonds. The smallest absolute Gasteiger partial charge is 0.310 e. The summed E-state index contributed by atoms with van der Waals surface area (Å²) in [5.74, 6) is -4.53. The molecule has 2 nitrogen and oxygen atoms in total. The quantitative estimate of drug-likeness (QED) is 0.138. The van der Waals surface area contributed by atoms with Gasteiger partial charge in [-0.05, 0) is 31.0 Å². The third-order valence-corrected chi connectivity index (χ3v) is 13.3. The zero-order valence-corrected chi connectivity index (χ0v) is 22.1. The summed E-state index contributed by atoms with van der Waals surface area (Å²) in [4.78, 5) is 14.9. The van der Waals surface area contributed by atoms with Crippen molar-refractivity contribution >= 4 is 36.4 Å². The van der Waals surface area contributed by atoms with E-state index in [2.05, 4.69) is 27.6 Å². The van der Waals surface area contributed by atoms with E-state index in [1.807, 2.05) is 50.8 Å². The minimum atomic E-state index is -3.28. The van der Waals surface area contributed by atoms with Crippen LogP contribution in [0, 0.1) is 19.7 Å². The van der Waals surface area contributed by atoms with Gasteiger partial charge in [0.2, 0.25) is 5.78 Å². The van der Waals surface area contributed by atoms with E-state index in [1.54, 1.807) is 31.3 Å². The maximum absolute atomic E-state index is 14.1. The summed E-state index contributed by atoms with van der Waals surface area (Å²) in [6.07, 6.45) is 1.24. The molecule has 0 bridgehead atoms. The maximum atomic E-state index is 14.1. The second kappa shape index (κ2) is 10.8. The molecule has 1 unspecified atom stereocenters. The molecule has 0 spiro atoms. The van der Waals surface area contributed by atoms with Gasteiger partial charge in [0.15, 0.2) is 0 Å². The van der Waals surface area contributed by atoms with Crippen molar-refractivity contribution in [2.45, 2.75) is 49.4 Å². The van der Waals surface area contributed by atoms with Gasteiger partial charge in [-0.3, -0.25) is 4.79 Å². The molecule has 0 fully saturated rings. The lowest BCUT2D eigenvalue weighted by Gasteiger charge is -2.27. The number of Topliss-reactive ketones (excluding diaryl/α,β-unsaturated/α-hetero) is 1. The van der Waals surface area contributed by atoms with E-state index in [-0.39, 0.29) is 21.3 Å². The number of carbonyl (C=O) groups is 1. The zero-order chi connectivity index (χ0) is 24.1. The lowest BCUT2D eigenvalue weighted by Crippen LogP contribution is -2.41. The molecule has 1 atom stereocenters. The first kappa shape index (κ1) is 26.4. The minimum absolute atomic E-state index is 0.131. The van der Waals surface area contributed by atoms with E-state index in [9.17, 15) is 18.0 Å². The van der Waals surface area contributed by atoms with Crippen LogP contribution in [-0.2, 0) is 0 Å². The second-order valence-corrected chi connectivity index (χ2v) is 17.0. The molecule has 0 aliphatic heterocycles. The van der Waals surface area contributed by atoms with E-state index >= 15 is 0 Å². The highest BCUT2D eigenvalue weighted by Crippen LogP contribution is 2.33. The van der Waals surface area contributed by atoms with Gasteiger partial charge in [0.25, 0.3) is 0 Å². The van der Waals surface area contributed by atoms with Crippen molar-refractivity contribution in [3.8, 4) is 11.3 Å². The lowest BCUT2D eigenvalue weighted by molar-refractivity contribution is 0.00756. The Hall–Kier alpha value is -1.87. The van der Waals surface area contributed by atoms with Crippen molar-refractivity contribution in [1.82, 2.24) is 4.98 Å². The van der Waals surface area contributed by atoms with Crippen LogP contribution >= 0.6 is 22.6 Å². The van der Waals surface area contributed by atoms with Crippen molar-refractivity contribution in [3.63, 3.8) is 0 Å². The van der Waals surface area contributed by atoms with Gasteiger partial charge in [-0.1, -0.05) is 90.8 Å². The third-order valence-electron chi connectivity index (χ3n) is 5.21. The van der Waals surface area contributed by atoms with Crippen LogP contribution in [0.15, 0.2) is 60.8 Å². The van der Waals surface area contributed by atoms with Gasteiger partial charge in [0.1, 0.15) is 5.82 Å². The average molecular weight is 571 g/mol. The van der Waals surface area contributed by atoms with Gasteiger partial charge in [-0.25, -0.2) is 4.39 Å². The fraction of sp³-hybridized carbons (Fsp3) is 0.320. The average Bonchev–Trinajstić information content (AvgIpc) is 3.13. The van der Waals surface area contributed by atoms with Crippen LogP contribution in [-0.4, -0.2) is 28.3 Å². The number of aromatic amines is 1. The predicted molar refractivity (Wildman–Crippen MR) is 137 cm³/mol. The molecule has 7 heteroatoms. The highest BCUT2D eigenvalue weighted by Gasteiger charge is 2.44. The molecule has 3 rings (SSSR count). The number of carbonyl (C=O) groups excluding carboxylic acids is 1. The van der Waals surface area contributed by atoms with Gasteiger partial charge >= 0.3 is 5.92 Å². The Kier molecular flexibility index (Phi) is 8.93. The van der Waals surface area contributed by atoms with E-state index in [4.69, 9.17) is 0 Å². The number of nitrogens with one attached hydrogen (secondary N) is 1. The van der Waals surface area contributed by atoms with Gasteiger partial charge in [-0.15, -0.1) is 0 Å². The number of H-pyrrole nitrogens is 1. The number of hydrogen-bond donors (Lipinski definition) is 1. The van der Waals surface area contributed by atoms with E-state index < -0.39 is 19.8 Å². The topological polar surface area (TPSA) is 32.9 Å². The van der Waals surface area contributed by atoms with Gasteiger partial charge in [-0.2, -0.15) is 8.78 Å². The first-order valence-electron chi connectivity index (χ1n) is 10.4. The van der Waals surface area contributed by atoms with Gasteiger partial charge in [0.05, 0.1) is 13.8 Å². The molecule has 172 valence electrons. The molecule has 0 radical (unpaired) electrons. The fourth-order valence-corrected chi connectivity index (χ4v) is 4.48. The molecule has 3 aromatic rings. The monoisotopic (exact) mass is 571 g/mol. The van der Waals surface area contributed by atoms with Gasteiger partial charge in [0, 0.05) is 27.3 Å². The zero-order valence-electron chi connectivity index (χ0n) is 19.0. The number of alkyl halides is 3. The molecule has 2 aromatic carbocycles. The molecule has 1 aromatic heterocycles. The van der Waals surface area contributed by atoms with Crippen LogP contribution < -0.4 is 0 Å². The summed E-state index contributed by atoms with van der Waals surface area (Å²) in [5.41, 5.74) is 3.30. The standard InChI is InChI=1S/C14H19F2IOSi.C11H10FN/c1-10-7-5-6-8-11(10)13(18)14(15,16)9-12(17)19(2,3)4;1-8-4-2-3-5-9(8)11-10(12)6-7-13-11/h5-8,12H,9H2,1-4H3;2-7,13H,1H3. The molecule has 32 heavy (non-hydrogen) atoms. The van der Waals surface area contributed by atoms with E-state index in [0.717, 1.165) is 11.1 Å². The Morgan fingerprint density at radius 3 is 2.06 bits per heavy atom. The number of halogens is 4. The summed E-state index contributed by atoms with van der Waals surface area (Å²) in [6, 6.07) is 15.7. The van der Waals surface area contributed by atoms with Crippen LogP contribution in [0.2, 0.25) is 19.6 Å². The largest absolute Gasteiger partial charge is 0.359 e. The normalized spacial score (nSPS) is 12.7. The Bertz CT molecular complexity index is 1060. The maximum Gasteiger partial charge on any atom is 0.310 e. The highest BCUT2D eigenvalue weighted by atomic mass is 127. The van der Waals surface area contributed by atoms with E-state index in [0.29, 0.717) is 11.3 Å². The number of benzene rings is 2. The molecular formula is C25H29F3INOSi. The van der Waals surface area contributed by atoms with Crippen LogP contribution in [0.3, 0.4) is 0 Å². The molecule has 0 saturated carbocycles. The van der Waals surface area contributed by atoms with E-state index in [1.165, 1.54) is 12.1 Å². The van der Waals surface area contributed by atoms with Gasteiger partial charge < -0.3 is 4.98 Å². The molecule has 0 aliphatic carbocycles. The second-order valence-electron chi connectivity index (χ2n) is 8.90. The van der Waals surface area contributed by atoms with Crippen molar-refractivity contribution in [1.29, 1.82) is 0 Å². The van der Waals surface area contributed by atoms with Crippen molar-refractivity contribution in [3.05, 3.63) is 83.3 Å².